The summed E-state index contributed by atoms with van der Waals surface area (Å²) >= 11 is 0. The summed E-state index contributed by atoms with van der Waals surface area (Å²) in [7, 11) is 0. The number of hydrogen-bond acceptors (Lipinski definition) is 7. The number of hydrogen-bond donors (Lipinski definition) is 3. The standard InChI is InChI=1S/C31H31N3O6/c1-19-16-23(20(2)33-25-10-5-3-8-21(25)31(37)38)29-24(17-19)26(35)18-28(40-29)34-13-7-12-32-30(36)22-9-4-6-11-27(22)39-15-14-34/h3-6,8-11,16-18,20,33H,7,12-15H2,1-2H3,(H,32,36)(H,37,38). The molecule has 2 heterocycles. The number of carbonyl (C=O) groups is 2. The fourth-order valence-electron chi connectivity index (χ4n) is 4.95. The van der Waals surface area contributed by atoms with Gasteiger partial charge in [0, 0.05) is 30.4 Å². The van der Waals surface area contributed by atoms with Crippen molar-refractivity contribution in [3.63, 3.8) is 0 Å². The molecule has 9 nitrogen and oxygen atoms in total. The molecule has 1 amide bonds. The SMILES string of the molecule is Cc1cc(C(C)Nc2ccccc2C(=O)O)c2oc(N3CCCNC(=O)c4ccccc4OCC3)cc(=O)c2c1. The van der Waals surface area contributed by atoms with Gasteiger partial charge in [0.15, 0.2) is 11.3 Å². The maximum atomic E-state index is 13.3. The normalized spacial score (nSPS) is 14.8. The molecule has 4 aromatic rings. The summed E-state index contributed by atoms with van der Waals surface area (Å²) in [4.78, 5) is 39.6. The van der Waals surface area contributed by atoms with Crippen molar-refractivity contribution in [2.75, 3.05) is 36.5 Å². The van der Waals surface area contributed by atoms with Crippen LogP contribution in [-0.4, -0.2) is 43.2 Å². The Hall–Kier alpha value is -4.79. The predicted molar refractivity (Wildman–Crippen MR) is 154 cm³/mol. The summed E-state index contributed by atoms with van der Waals surface area (Å²) in [6.45, 7) is 5.53. The minimum atomic E-state index is -1.03. The molecule has 1 aromatic heterocycles. The first-order valence-corrected chi connectivity index (χ1v) is 13.2. The molecule has 0 spiro atoms. The molecule has 206 valence electrons. The number of nitrogens with one attached hydrogen (secondary N) is 2. The summed E-state index contributed by atoms with van der Waals surface area (Å²) in [5, 5.41) is 16.3. The number of anilines is 2. The van der Waals surface area contributed by atoms with Crippen molar-refractivity contribution < 1.29 is 23.8 Å². The zero-order valence-corrected chi connectivity index (χ0v) is 22.4. The Kier molecular flexibility index (Phi) is 7.72. The van der Waals surface area contributed by atoms with Crippen LogP contribution in [-0.2, 0) is 0 Å². The quantitative estimate of drug-likeness (QED) is 0.323. The molecule has 0 aliphatic carbocycles. The number of benzene rings is 3. The highest BCUT2D eigenvalue weighted by Gasteiger charge is 2.21. The van der Waals surface area contributed by atoms with Gasteiger partial charge in [0.25, 0.3) is 5.91 Å². The molecule has 40 heavy (non-hydrogen) atoms. The Labute approximate surface area is 231 Å². The second-order valence-electron chi connectivity index (χ2n) is 9.84. The molecule has 1 aliphatic rings. The zero-order chi connectivity index (χ0) is 28.2. The van der Waals surface area contributed by atoms with Crippen molar-refractivity contribution in [3.05, 3.63) is 99.2 Å². The van der Waals surface area contributed by atoms with E-state index < -0.39 is 5.97 Å². The number of aryl methyl sites for hydroxylation is 1. The van der Waals surface area contributed by atoms with Crippen LogP contribution in [0.4, 0.5) is 11.6 Å². The van der Waals surface area contributed by atoms with Crippen LogP contribution in [0.3, 0.4) is 0 Å². The molecule has 1 atom stereocenters. The lowest BCUT2D eigenvalue weighted by Gasteiger charge is -2.24. The van der Waals surface area contributed by atoms with Crippen LogP contribution in [0.1, 0.15) is 51.2 Å². The third-order valence-corrected chi connectivity index (χ3v) is 6.94. The van der Waals surface area contributed by atoms with E-state index in [0.717, 1.165) is 11.1 Å². The number of carbonyl (C=O) groups excluding carboxylic acids is 1. The number of carboxylic acids is 1. The van der Waals surface area contributed by atoms with Gasteiger partial charge in [-0.05, 0) is 56.2 Å². The molecule has 3 N–H and O–H groups in total. The van der Waals surface area contributed by atoms with Gasteiger partial charge in [0.1, 0.15) is 17.9 Å². The number of fused-ring (bicyclic) bond motifs is 2. The minimum absolute atomic E-state index is 0.158. The van der Waals surface area contributed by atoms with E-state index in [2.05, 4.69) is 10.6 Å². The van der Waals surface area contributed by atoms with Gasteiger partial charge in [0.05, 0.1) is 29.1 Å². The number of nitrogens with zero attached hydrogens (tertiary/aromatic N) is 1. The highest BCUT2D eigenvalue weighted by molar-refractivity contribution is 5.97. The smallest absolute Gasteiger partial charge is 0.337 e. The molecule has 0 fully saturated rings. The Morgan fingerprint density at radius 3 is 2.65 bits per heavy atom. The Balaban J connectivity index is 1.49. The van der Waals surface area contributed by atoms with E-state index in [0.29, 0.717) is 59.9 Å². The Morgan fingerprint density at radius 1 is 1.05 bits per heavy atom. The number of ether oxygens (including phenoxy) is 1. The number of carboxylic acid groups (broad SMARTS) is 1. The molecule has 1 aliphatic heterocycles. The predicted octanol–water partition coefficient (Wildman–Crippen LogP) is 4.99. The maximum absolute atomic E-state index is 13.3. The molecular weight excluding hydrogens is 510 g/mol. The molecule has 0 radical (unpaired) electrons. The van der Waals surface area contributed by atoms with E-state index in [1.54, 1.807) is 48.5 Å². The van der Waals surface area contributed by atoms with E-state index in [4.69, 9.17) is 9.15 Å². The van der Waals surface area contributed by atoms with E-state index >= 15 is 0 Å². The fraction of sp³-hybridized carbons (Fsp3) is 0.258. The van der Waals surface area contributed by atoms with Crippen molar-refractivity contribution in [2.45, 2.75) is 26.3 Å². The number of amides is 1. The van der Waals surface area contributed by atoms with Gasteiger partial charge in [-0.1, -0.05) is 30.3 Å². The van der Waals surface area contributed by atoms with Crippen LogP contribution < -0.4 is 25.7 Å². The Morgan fingerprint density at radius 2 is 1.82 bits per heavy atom. The lowest BCUT2D eigenvalue weighted by molar-refractivity contribution is 0.0697. The topological polar surface area (TPSA) is 121 Å². The van der Waals surface area contributed by atoms with E-state index in [1.807, 2.05) is 30.9 Å². The molecule has 0 saturated carbocycles. The summed E-state index contributed by atoms with van der Waals surface area (Å²) < 4.78 is 12.4. The molecule has 0 bridgehead atoms. The average molecular weight is 542 g/mol. The monoisotopic (exact) mass is 541 g/mol. The first-order valence-electron chi connectivity index (χ1n) is 13.2. The molecule has 9 heteroatoms. The summed E-state index contributed by atoms with van der Waals surface area (Å²) in [5.41, 5.74) is 3.01. The maximum Gasteiger partial charge on any atom is 0.337 e. The van der Waals surface area contributed by atoms with Crippen molar-refractivity contribution in [2.24, 2.45) is 0 Å². The van der Waals surface area contributed by atoms with Crippen molar-refractivity contribution in [3.8, 4) is 5.75 Å². The lowest BCUT2D eigenvalue weighted by Crippen LogP contribution is -2.32. The highest BCUT2D eigenvalue weighted by Crippen LogP contribution is 2.31. The summed E-state index contributed by atoms with van der Waals surface area (Å²) in [6, 6.07) is 18.7. The highest BCUT2D eigenvalue weighted by atomic mass is 16.5. The first kappa shape index (κ1) is 26.8. The first-order chi connectivity index (χ1) is 19.3. The number of para-hydroxylation sites is 2. The molecular formula is C31H31N3O6. The van der Waals surface area contributed by atoms with Crippen LogP contribution in [0, 0.1) is 6.92 Å². The van der Waals surface area contributed by atoms with E-state index in [9.17, 15) is 19.5 Å². The van der Waals surface area contributed by atoms with Gasteiger partial charge in [0.2, 0.25) is 0 Å². The third kappa shape index (κ3) is 5.63. The number of aromatic carboxylic acids is 1. The van der Waals surface area contributed by atoms with Gasteiger partial charge in [-0.2, -0.15) is 0 Å². The second-order valence-corrected chi connectivity index (χ2v) is 9.84. The van der Waals surface area contributed by atoms with Gasteiger partial charge >= 0.3 is 5.97 Å². The third-order valence-electron chi connectivity index (χ3n) is 6.94. The van der Waals surface area contributed by atoms with Gasteiger partial charge in [-0.25, -0.2) is 4.79 Å². The molecule has 3 aromatic carbocycles. The Bertz CT molecular complexity index is 1630. The van der Waals surface area contributed by atoms with Crippen LogP contribution in [0.15, 0.2) is 75.9 Å². The second kappa shape index (κ2) is 11.5. The summed E-state index contributed by atoms with van der Waals surface area (Å²) in [5.74, 6) is -0.310. The fourth-order valence-corrected chi connectivity index (χ4v) is 4.95. The largest absolute Gasteiger partial charge is 0.491 e. The molecule has 0 saturated heterocycles. The van der Waals surface area contributed by atoms with Crippen LogP contribution in [0.2, 0.25) is 0 Å². The van der Waals surface area contributed by atoms with Crippen LogP contribution >= 0.6 is 0 Å². The van der Waals surface area contributed by atoms with Gasteiger partial charge in [-0.15, -0.1) is 0 Å². The van der Waals surface area contributed by atoms with Crippen LogP contribution in [0.25, 0.3) is 11.0 Å². The molecule has 5 rings (SSSR count). The zero-order valence-electron chi connectivity index (χ0n) is 22.4. The minimum Gasteiger partial charge on any atom is -0.491 e. The summed E-state index contributed by atoms with van der Waals surface area (Å²) in [6.07, 6.45) is 0.639. The van der Waals surface area contributed by atoms with Crippen molar-refractivity contribution in [1.82, 2.24) is 5.32 Å². The van der Waals surface area contributed by atoms with Crippen molar-refractivity contribution >= 4 is 34.4 Å². The van der Waals surface area contributed by atoms with E-state index in [1.165, 1.54) is 6.07 Å². The van der Waals surface area contributed by atoms with Crippen molar-refractivity contribution in [1.29, 1.82) is 0 Å². The number of rotatable bonds is 5. The molecule has 1 unspecified atom stereocenters. The van der Waals surface area contributed by atoms with Crippen LogP contribution in [0.5, 0.6) is 5.75 Å². The van der Waals surface area contributed by atoms with E-state index in [-0.39, 0.29) is 29.5 Å². The average Bonchev–Trinajstić information content (AvgIpc) is 2.97. The van der Waals surface area contributed by atoms with Gasteiger partial charge < -0.3 is 29.8 Å². The lowest BCUT2D eigenvalue weighted by atomic mass is 10.0. The van der Waals surface area contributed by atoms with Gasteiger partial charge in [-0.3, -0.25) is 9.59 Å².